The van der Waals surface area contributed by atoms with E-state index in [2.05, 4.69) is 33.3 Å². The van der Waals surface area contributed by atoms with E-state index in [4.69, 9.17) is 23.7 Å². The molecule has 5 rings (SSSR count). The van der Waals surface area contributed by atoms with Crippen LogP contribution >= 0.6 is 0 Å². The Balaban J connectivity index is 1.27. The van der Waals surface area contributed by atoms with Crippen molar-refractivity contribution in [2.45, 2.75) is 77.6 Å². The van der Waals surface area contributed by atoms with Crippen LogP contribution in [0.5, 0.6) is 5.75 Å². The molecule has 1 N–H and O–H groups in total. The second kappa shape index (κ2) is 16.1. The van der Waals surface area contributed by atoms with E-state index < -0.39 is 23.4 Å². The number of nitrogens with zero attached hydrogens (tertiary/aromatic N) is 6. The monoisotopic (exact) mass is 666 g/mol. The largest absolute Gasteiger partial charge is 0.490 e. The molecule has 2 aromatic carbocycles. The second-order valence-corrected chi connectivity index (χ2v) is 13.7. The molecular weight excluding hydrogens is 616 g/mol. The molecule has 3 aromatic rings. The number of carbonyl (C=O) groups excluding carboxylic acids is 1. The third-order valence-electron chi connectivity index (χ3n) is 8.54. The molecule has 3 atom stereocenters. The molecule has 1 aromatic heterocycles. The zero-order chi connectivity index (χ0) is 34.1. The van der Waals surface area contributed by atoms with Crippen molar-refractivity contribution in [3.05, 3.63) is 65.5 Å². The summed E-state index contributed by atoms with van der Waals surface area (Å²) < 4.78 is 29.3. The minimum absolute atomic E-state index is 0.186. The smallest absolute Gasteiger partial charge is 0.410 e. The van der Waals surface area contributed by atoms with Crippen LogP contribution in [0.1, 0.15) is 57.2 Å². The van der Waals surface area contributed by atoms with Crippen LogP contribution in [0.15, 0.2) is 48.8 Å². The Kier molecular flexibility index (Phi) is 11.9. The minimum Gasteiger partial charge on any atom is -0.490 e. The van der Waals surface area contributed by atoms with Crippen LogP contribution in [0.3, 0.4) is 0 Å². The lowest BCUT2D eigenvalue weighted by molar-refractivity contribution is -0.154. The number of hydrogen-bond donors (Lipinski definition) is 1. The van der Waals surface area contributed by atoms with E-state index in [-0.39, 0.29) is 19.1 Å². The van der Waals surface area contributed by atoms with Gasteiger partial charge in [0.05, 0.1) is 45.1 Å². The predicted molar refractivity (Wildman–Crippen MR) is 179 cm³/mol. The molecule has 2 aliphatic rings. The molecule has 262 valence electrons. The number of ether oxygens (including phenoxy) is 5. The van der Waals surface area contributed by atoms with Gasteiger partial charge in [0.1, 0.15) is 29.7 Å². The molecule has 2 aliphatic heterocycles. The summed E-state index contributed by atoms with van der Waals surface area (Å²) in [5.41, 5.74) is 1.74. The highest BCUT2D eigenvalue weighted by Crippen LogP contribution is 2.37. The van der Waals surface area contributed by atoms with E-state index in [1.807, 2.05) is 57.2 Å². The predicted octanol–water partition coefficient (Wildman–Crippen LogP) is 4.18. The molecule has 13 nitrogen and oxygen atoms in total. The van der Waals surface area contributed by atoms with Crippen LogP contribution in [0, 0.1) is 5.92 Å². The normalized spacial score (nSPS) is 20.2. The lowest BCUT2D eigenvalue weighted by atomic mass is 9.81. The molecule has 48 heavy (non-hydrogen) atoms. The van der Waals surface area contributed by atoms with Crippen molar-refractivity contribution < 1.29 is 33.6 Å². The van der Waals surface area contributed by atoms with Gasteiger partial charge in [-0.15, -0.1) is 10.2 Å². The number of fused-ring (bicyclic) bond motifs is 1. The molecule has 13 heteroatoms. The van der Waals surface area contributed by atoms with Gasteiger partial charge in [-0.2, -0.15) is 4.80 Å². The van der Waals surface area contributed by atoms with Gasteiger partial charge in [0.25, 0.3) is 0 Å². The Morgan fingerprint density at radius 1 is 1.12 bits per heavy atom. The number of benzene rings is 2. The third-order valence-corrected chi connectivity index (χ3v) is 8.54. The van der Waals surface area contributed by atoms with Crippen molar-refractivity contribution in [3.63, 3.8) is 0 Å². The maximum absolute atomic E-state index is 13.1. The first kappa shape index (κ1) is 35.5. The molecule has 3 heterocycles. The van der Waals surface area contributed by atoms with E-state index in [0.29, 0.717) is 45.9 Å². The van der Waals surface area contributed by atoms with Gasteiger partial charge in [0.15, 0.2) is 6.33 Å². The number of carbonyl (C=O) groups is 1. The number of aromatic nitrogens is 4. The number of anilines is 1. The molecule has 1 unspecified atom stereocenters. The van der Waals surface area contributed by atoms with Crippen molar-refractivity contribution in [2.75, 3.05) is 58.0 Å². The van der Waals surface area contributed by atoms with Gasteiger partial charge in [-0.25, -0.2) is 4.79 Å². The van der Waals surface area contributed by atoms with E-state index in [1.165, 1.54) is 6.33 Å². The van der Waals surface area contributed by atoms with Gasteiger partial charge in [0.2, 0.25) is 0 Å². The third kappa shape index (κ3) is 9.43. The fraction of sp³-hybridized carbons (Fsp3) is 0.600. The van der Waals surface area contributed by atoms with Crippen LogP contribution in [0.4, 0.5) is 10.5 Å². The van der Waals surface area contributed by atoms with Gasteiger partial charge in [0, 0.05) is 39.1 Å². The van der Waals surface area contributed by atoms with Gasteiger partial charge >= 0.3 is 6.09 Å². The lowest BCUT2D eigenvalue weighted by Crippen LogP contribution is -2.56. The Hall–Kier alpha value is -3.78. The maximum atomic E-state index is 13.1. The van der Waals surface area contributed by atoms with E-state index in [1.54, 1.807) is 16.8 Å². The number of rotatable bonds is 14. The van der Waals surface area contributed by atoms with Crippen LogP contribution in [-0.2, 0) is 44.3 Å². The molecule has 1 saturated heterocycles. The minimum atomic E-state index is -1.32. The molecule has 0 spiro atoms. The summed E-state index contributed by atoms with van der Waals surface area (Å²) in [6, 6.07) is 13.8. The van der Waals surface area contributed by atoms with Crippen LogP contribution in [-0.4, -0.2) is 101 Å². The average molecular weight is 667 g/mol. The van der Waals surface area contributed by atoms with E-state index in [0.717, 1.165) is 47.6 Å². The Morgan fingerprint density at radius 3 is 2.65 bits per heavy atom. The zero-order valence-electron chi connectivity index (χ0n) is 28.8. The van der Waals surface area contributed by atoms with Crippen LogP contribution < -0.4 is 9.64 Å². The van der Waals surface area contributed by atoms with Crippen molar-refractivity contribution in [1.82, 2.24) is 25.1 Å². The highest BCUT2D eigenvalue weighted by Gasteiger charge is 2.45. The summed E-state index contributed by atoms with van der Waals surface area (Å²) in [5.74, 6) is 1.06. The summed E-state index contributed by atoms with van der Waals surface area (Å²) in [4.78, 5) is 18.6. The highest BCUT2D eigenvalue weighted by molar-refractivity contribution is 5.68. The summed E-state index contributed by atoms with van der Waals surface area (Å²) in [6.45, 7) is 13.0. The molecule has 0 radical (unpaired) electrons. The summed E-state index contributed by atoms with van der Waals surface area (Å²) >= 11 is 0. The fourth-order valence-corrected chi connectivity index (χ4v) is 6.03. The van der Waals surface area contributed by atoms with Crippen molar-refractivity contribution in [3.8, 4) is 5.75 Å². The maximum Gasteiger partial charge on any atom is 0.410 e. The standard InChI is InChI=1S/C35H50N6O7/c1-26(20-41-37-25-36-38-41)22-45-23-27-7-10-29(11-8-27)35(43)13-15-40(33(42)48-34(2,3)4)21-32(35)47-24-28-9-12-31-30(19-28)39(16-18-46-31)14-6-17-44-5/h7-12,19,25-26,32,43H,6,13-18,20-24H2,1-5H3/t26?,32-,35-/m0/s1. The molecule has 0 aliphatic carbocycles. The van der Waals surface area contributed by atoms with E-state index in [9.17, 15) is 9.90 Å². The topological polar surface area (TPSA) is 134 Å². The highest BCUT2D eigenvalue weighted by atomic mass is 16.6. The first-order chi connectivity index (χ1) is 23.0. The Bertz CT molecular complexity index is 1450. The van der Waals surface area contributed by atoms with Crippen molar-refractivity contribution in [2.24, 2.45) is 5.92 Å². The van der Waals surface area contributed by atoms with Gasteiger partial charge < -0.3 is 38.6 Å². The summed E-state index contributed by atoms with van der Waals surface area (Å²) in [7, 11) is 1.71. The number of aliphatic hydroxyl groups is 1. The number of piperidine rings is 1. The summed E-state index contributed by atoms with van der Waals surface area (Å²) in [5, 5.41) is 23.9. The van der Waals surface area contributed by atoms with Gasteiger partial charge in [-0.1, -0.05) is 37.3 Å². The number of likely N-dealkylation sites (tertiary alicyclic amines) is 1. The second-order valence-electron chi connectivity index (χ2n) is 13.7. The van der Waals surface area contributed by atoms with E-state index >= 15 is 0 Å². The summed E-state index contributed by atoms with van der Waals surface area (Å²) in [6.07, 6.45) is 1.52. The fourth-order valence-electron chi connectivity index (χ4n) is 6.03. The Labute approximate surface area is 283 Å². The quantitative estimate of drug-likeness (QED) is 0.249. The molecule has 1 amide bonds. The Morgan fingerprint density at radius 2 is 1.92 bits per heavy atom. The molecular formula is C35H50N6O7. The molecule has 0 saturated carbocycles. The number of methoxy groups -OCH3 is 1. The van der Waals surface area contributed by atoms with Gasteiger partial charge in [-0.05, 0) is 61.2 Å². The van der Waals surface area contributed by atoms with Gasteiger partial charge in [-0.3, -0.25) is 0 Å². The van der Waals surface area contributed by atoms with Crippen molar-refractivity contribution in [1.29, 1.82) is 0 Å². The first-order valence-corrected chi connectivity index (χ1v) is 16.7. The number of hydrogen-bond acceptors (Lipinski definition) is 11. The van der Waals surface area contributed by atoms with Crippen LogP contribution in [0.2, 0.25) is 0 Å². The lowest BCUT2D eigenvalue weighted by Gasteiger charge is -2.44. The number of tetrazole rings is 1. The SMILES string of the molecule is COCCCN1CCOc2ccc(CO[C@H]3CN(C(=O)OC(C)(C)C)CC[C@]3(O)c3ccc(COCC(C)Cn4ncnn4)cc3)cc21. The molecule has 0 bridgehead atoms. The first-order valence-electron chi connectivity index (χ1n) is 16.7. The number of amides is 1. The zero-order valence-corrected chi connectivity index (χ0v) is 28.8. The van der Waals surface area contributed by atoms with Crippen molar-refractivity contribution >= 4 is 11.8 Å². The molecule has 1 fully saturated rings. The average Bonchev–Trinajstić information content (AvgIpc) is 3.57. The van der Waals surface area contributed by atoms with Crippen LogP contribution in [0.25, 0.3) is 0 Å².